The average Bonchev–Trinajstić information content (AvgIpc) is 2.52. The first-order valence-corrected chi connectivity index (χ1v) is 4.56. The molecule has 11 heavy (non-hydrogen) atoms. The van der Waals surface area contributed by atoms with Crippen LogP contribution >= 0.6 is 0 Å². The fraction of sp³-hybridized carbons (Fsp3) is 1.00. The van der Waals surface area contributed by atoms with Crippen LogP contribution < -0.4 is 0 Å². The maximum atomic E-state index is 5.55. The lowest BCUT2D eigenvalue weighted by atomic mass is 10.2. The lowest BCUT2D eigenvalue weighted by Crippen LogP contribution is -2.18. The van der Waals surface area contributed by atoms with Gasteiger partial charge in [-0.15, -0.1) is 0 Å². The molecule has 0 aromatic heterocycles. The molecule has 0 spiro atoms. The van der Waals surface area contributed by atoms with Gasteiger partial charge in [-0.25, -0.2) is 0 Å². The fourth-order valence-electron chi connectivity index (χ4n) is 1.17. The minimum absolute atomic E-state index is 0.379. The van der Waals surface area contributed by atoms with Gasteiger partial charge >= 0.3 is 0 Å². The number of ether oxygens (including phenoxy) is 2. The quantitative estimate of drug-likeness (QED) is 0.623. The van der Waals surface area contributed by atoms with E-state index in [0.29, 0.717) is 12.2 Å². The van der Waals surface area contributed by atoms with Crippen molar-refractivity contribution in [3.63, 3.8) is 0 Å². The van der Waals surface area contributed by atoms with E-state index in [1.165, 1.54) is 12.8 Å². The Kier molecular flexibility index (Phi) is 3.87. The summed E-state index contributed by atoms with van der Waals surface area (Å²) < 4.78 is 11.0. The molecular weight excluding hydrogens is 140 g/mol. The minimum atomic E-state index is 0.379. The minimum Gasteiger partial charge on any atom is -0.376 e. The van der Waals surface area contributed by atoms with Gasteiger partial charge in [-0.1, -0.05) is 6.92 Å². The van der Waals surface area contributed by atoms with Crippen LogP contribution in [-0.4, -0.2) is 25.4 Å². The van der Waals surface area contributed by atoms with Gasteiger partial charge in [-0.05, 0) is 26.2 Å². The van der Waals surface area contributed by atoms with E-state index in [-0.39, 0.29) is 0 Å². The lowest BCUT2D eigenvalue weighted by molar-refractivity contribution is -0.0148. The third kappa shape index (κ3) is 3.21. The average molecular weight is 158 g/mol. The monoisotopic (exact) mass is 158 g/mol. The molecule has 0 N–H and O–H groups in total. The van der Waals surface area contributed by atoms with Gasteiger partial charge in [0.25, 0.3) is 0 Å². The number of rotatable bonds is 4. The molecule has 0 aromatic rings. The highest BCUT2D eigenvalue weighted by Crippen LogP contribution is 2.12. The highest BCUT2D eigenvalue weighted by Gasteiger charge is 2.15. The molecule has 0 bridgehead atoms. The largest absolute Gasteiger partial charge is 0.376 e. The third-order valence-corrected chi connectivity index (χ3v) is 2.17. The molecule has 1 aliphatic heterocycles. The number of hydrogen-bond donors (Lipinski definition) is 0. The van der Waals surface area contributed by atoms with Gasteiger partial charge in [0.2, 0.25) is 0 Å². The van der Waals surface area contributed by atoms with Crippen molar-refractivity contribution in [1.29, 1.82) is 0 Å². The predicted molar refractivity (Wildman–Crippen MR) is 44.7 cm³/mol. The standard InChI is InChI=1S/C9H18O2/c1-3-8(2)11-7-9-5-4-6-10-9/h8-9H,3-7H2,1-2H3. The zero-order valence-electron chi connectivity index (χ0n) is 7.51. The van der Waals surface area contributed by atoms with Gasteiger partial charge in [-0.3, -0.25) is 0 Å². The summed E-state index contributed by atoms with van der Waals surface area (Å²) in [5.74, 6) is 0. The molecule has 0 amide bonds. The highest BCUT2D eigenvalue weighted by atomic mass is 16.5. The summed E-state index contributed by atoms with van der Waals surface area (Å²) in [6.45, 7) is 5.96. The van der Waals surface area contributed by atoms with E-state index < -0.39 is 0 Å². The first-order valence-electron chi connectivity index (χ1n) is 4.56. The van der Waals surface area contributed by atoms with Gasteiger partial charge in [0, 0.05) is 6.61 Å². The summed E-state index contributed by atoms with van der Waals surface area (Å²) >= 11 is 0. The highest BCUT2D eigenvalue weighted by molar-refractivity contribution is 4.64. The van der Waals surface area contributed by atoms with E-state index in [1.54, 1.807) is 0 Å². The van der Waals surface area contributed by atoms with Gasteiger partial charge in [-0.2, -0.15) is 0 Å². The molecule has 2 nitrogen and oxygen atoms in total. The Labute approximate surface area is 68.9 Å². The molecule has 2 unspecified atom stereocenters. The Morgan fingerprint density at radius 3 is 3.00 bits per heavy atom. The van der Waals surface area contributed by atoms with E-state index in [2.05, 4.69) is 13.8 Å². The summed E-state index contributed by atoms with van der Waals surface area (Å²) in [6.07, 6.45) is 4.24. The van der Waals surface area contributed by atoms with E-state index in [0.717, 1.165) is 19.6 Å². The summed E-state index contributed by atoms with van der Waals surface area (Å²) in [4.78, 5) is 0. The van der Waals surface area contributed by atoms with Gasteiger partial charge in [0.15, 0.2) is 0 Å². The maximum Gasteiger partial charge on any atom is 0.0809 e. The first-order chi connectivity index (χ1) is 5.33. The molecule has 1 fully saturated rings. The van der Waals surface area contributed by atoms with E-state index in [1.807, 2.05) is 0 Å². The van der Waals surface area contributed by atoms with Crippen molar-refractivity contribution in [2.24, 2.45) is 0 Å². The molecule has 2 heteroatoms. The number of hydrogen-bond acceptors (Lipinski definition) is 2. The molecule has 0 aromatic carbocycles. The van der Waals surface area contributed by atoms with Crippen LogP contribution in [0.4, 0.5) is 0 Å². The van der Waals surface area contributed by atoms with Crippen LogP contribution in [0, 0.1) is 0 Å². The van der Waals surface area contributed by atoms with E-state index in [4.69, 9.17) is 9.47 Å². The van der Waals surface area contributed by atoms with Crippen molar-refractivity contribution >= 4 is 0 Å². The Balaban J connectivity index is 2.01. The lowest BCUT2D eigenvalue weighted by Gasteiger charge is -2.14. The molecule has 66 valence electrons. The topological polar surface area (TPSA) is 18.5 Å². The zero-order valence-corrected chi connectivity index (χ0v) is 7.51. The second-order valence-corrected chi connectivity index (χ2v) is 3.19. The summed E-state index contributed by atoms with van der Waals surface area (Å²) in [7, 11) is 0. The van der Waals surface area contributed by atoms with Crippen molar-refractivity contribution in [3.8, 4) is 0 Å². The van der Waals surface area contributed by atoms with Crippen LogP contribution in [0.15, 0.2) is 0 Å². The van der Waals surface area contributed by atoms with Gasteiger partial charge in [0.05, 0.1) is 18.8 Å². The Bertz CT molecular complexity index is 97.7. The molecule has 1 heterocycles. The predicted octanol–water partition coefficient (Wildman–Crippen LogP) is 1.98. The van der Waals surface area contributed by atoms with Crippen molar-refractivity contribution in [2.75, 3.05) is 13.2 Å². The zero-order chi connectivity index (χ0) is 8.10. The third-order valence-electron chi connectivity index (χ3n) is 2.17. The molecule has 0 aliphatic carbocycles. The second kappa shape index (κ2) is 4.73. The second-order valence-electron chi connectivity index (χ2n) is 3.19. The van der Waals surface area contributed by atoms with E-state index in [9.17, 15) is 0 Å². The van der Waals surface area contributed by atoms with Gasteiger partial charge < -0.3 is 9.47 Å². The summed E-state index contributed by atoms with van der Waals surface area (Å²) in [6, 6.07) is 0. The SMILES string of the molecule is CCC(C)OCC1CCCO1. The van der Waals surface area contributed by atoms with E-state index >= 15 is 0 Å². The Morgan fingerprint density at radius 1 is 1.64 bits per heavy atom. The van der Waals surface area contributed by atoms with Crippen LogP contribution in [0.3, 0.4) is 0 Å². The normalized spacial score (nSPS) is 27.3. The fourth-order valence-corrected chi connectivity index (χ4v) is 1.17. The van der Waals surface area contributed by atoms with Crippen LogP contribution in [-0.2, 0) is 9.47 Å². The molecular formula is C9H18O2. The summed E-state index contributed by atoms with van der Waals surface area (Å²) in [5.41, 5.74) is 0. The Hall–Kier alpha value is -0.0800. The van der Waals surface area contributed by atoms with Crippen LogP contribution in [0.1, 0.15) is 33.1 Å². The maximum absolute atomic E-state index is 5.55. The molecule has 0 radical (unpaired) electrons. The Morgan fingerprint density at radius 2 is 2.45 bits per heavy atom. The van der Waals surface area contributed by atoms with Crippen molar-refractivity contribution in [1.82, 2.24) is 0 Å². The van der Waals surface area contributed by atoms with Gasteiger partial charge in [0.1, 0.15) is 0 Å². The van der Waals surface area contributed by atoms with Crippen molar-refractivity contribution in [3.05, 3.63) is 0 Å². The first kappa shape index (κ1) is 9.01. The van der Waals surface area contributed by atoms with Crippen molar-refractivity contribution in [2.45, 2.75) is 45.3 Å². The molecule has 2 atom stereocenters. The molecule has 1 saturated heterocycles. The summed E-state index contributed by atoms with van der Waals surface area (Å²) in [5, 5.41) is 0. The van der Waals surface area contributed by atoms with Crippen LogP contribution in [0.5, 0.6) is 0 Å². The molecule has 1 aliphatic rings. The smallest absolute Gasteiger partial charge is 0.0809 e. The van der Waals surface area contributed by atoms with Crippen LogP contribution in [0.2, 0.25) is 0 Å². The molecule has 0 saturated carbocycles. The molecule has 1 rings (SSSR count). The van der Waals surface area contributed by atoms with Crippen LogP contribution in [0.25, 0.3) is 0 Å². The van der Waals surface area contributed by atoms with Crippen molar-refractivity contribution < 1.29 is 9.47 Å².